The lowest BCUT2D eigenvalue weighted by molar-refractivity contribution is -0.141. The molecule has 1 N–H and O–H groups in total. The average molecular weight is 303 g/mol. The van der Waals surface area contributed by atoms with Crippen LogP contribution in [0.4, 0.5) is 4.79 Å². The zero-order valence-electron chi connectivity index (χ0n) is 12.5. The van der Waals surface area contributed by atoms with Crippen LogP contribution in [-0.2, 0) is 16.1 Å². The van der Waals surface area contributed by atoms with Crippen LogP contribution >= 0.6 is 0 Å². The van der Waals surface area contributed by atoms with Crippen molar-refractivity contribution in [1.82, 2.24) is 4.90 Å². The first kappa shape index (κ1) is 14.9. The van der Waals surface area contributed by atoms with Gasteiger partial charge in [-0.25, -0.2) is 4.79 Å². The summed E-state index contributed by atoms with van der Waals surface area (Å²) in [5, 5.41) is 9.14. The number of carboxylic acid groups (broad SMARTS) is 1. The molecule has 1 heterocycles. The van der Waals surface area contributed by atoms with Gasteiger partial charge in [0.25, 0.3) is 0 Å². The molecule has 1 aromatic rings. The first-order chi connectivity index (χ1) is 10.6. The molecular formula is C17H21NO4. The fourth-order valence-electron chi connectivity index (χ4n) is 3.69. The third-order valence-corrected chi connectivity index (χ3v) is 4.95. The van der Waals surface area contributed by atoms with Crippen LogP contribution in [-0.4, -0.2) is 35.2 Å². The van der Waals surface area contributed by atoms with Crippen LogP contribution in [0.2, 0.25) is 0 Å². The van der Waals surface area contributed by atoms with E-state index in [1.54, 1.807) is 4.90 Å². The summed E-state index contributed by atoms with van der Waals surface area (Å²) in [5.74, 6) is -0.956. The number of amides is 1. The lowest BCUT2D eigenvalue weighted by atomic mass is 9.84. The van der Waals surface area contributed by atoms with E-state index < -0.39 is 5.97 Å². The highest BCUT2D eigenvalue weighted by atomic mass is 16.6. The molecule has 22 heavy (non-hydrogen) atoms. The number of ether oxygens (including phenoxy) is 1. The van der Waals surface area contributed by atoms with Crippen molar-refractivity contribution in [3.63, 3.8) is 0 Å². The van der Waals surface area contributed by atoms with Gasteiger partial charge in [-0.3, -0.25) is 4.79 Å². The van der Waals surface area contributed by atoms with Crippen LogP contribution in [0.15, 0.2) is 30.3 Å². The summed E-state index contributed by atoms with van der Waals surface area (Å²) in [5.41, 5.74) is 0.964. The Morgan fingerprint density at radius 2 is 2.05 bits per heavy atom. The minimum absolute atomic E-state index is 0.00514. The molecule has 1 aliphatic heterocycles. The molecule has 2 atom stereocenters. The van der Waals surface area contributed by atoms with E-state index in [1.165, 1.54) is 0 Å². The number of hydrogen-bond acceptors (Lipinski definition) is 3. The second-order valence-electron chi connectivity index (χ2n) is 6.49. The summed E-state index contributed by atoms with van der Waals surface area (Å²) in [6, 6.07) is 9.60. The first-order valence-corrected chi connectivity index (χ1v) is 7.76. The normalized spacial score (nSPS) is 27.3. The zero-order valence-corrected chi connectivity index (χ0v) is 12.5. The quantitative estimate of drug-likeness (QED) is 0.932. The lowest BCUT2D eigenvalue weighted by Crippen LogP contribution is -2.32. The first-order valence-electron chi connectivity index (χ1n) is 7.76. The average Bonchev–Trinajstić information content (AvgIpc) is 3.14. The van der Waals surface area contributed by atoms with Gasteiger partial charge in [0.1, 0.15) is 6.61 Å². The molecule has 1 aromatic carbocycles. The molecule has 3 rings (SSSR count). The number of benzene rings is 1. The van der Waals surface area contributed by atoms with Crippen molar-refractivity contribution in [3.8, 4) is 0 Å². The van der Waals surface area contributed by atoms with Crippen LogP contribution in [0.1, 0.15) is 31.2 Å². The summed E-state index contributed by atoms with van der Waals surface area (Å²) in [6.45, 7) is 1.57. The Morgan fingerprint density at radius 3 is 2.73 bits per heavy atom. The summed E-state index contributed by atoms with van der Waals surface area (Å²) in [6.07, 6.45) is 2.90. The van der Waals surface area contributed by atoms with Crippen molar-refractivity contribution < 1.29 is 19.4 Å². The maximum atomic E-state index is 12.2. The Labute approximate surface area is 129 Å². The van der Waals surface area contributed by atoms with Crippen molar-refractivity contribution in [3.05, 3.63) is 35.9 Å². The molecule has 2 fully saturated rings. The molecule has 5 nitrogen and oxygen atoms in total. The van der Waals surface area contributed by atoms with E-state index >= 15 is 0 Å². The molecule has 1 saturated heterocycles. The molecule has 2 unspecified atom stereocenters. The van der Waals surface area contributed by atoms with Crippen LogP contribution in [0.25, 0.3) is 0 Å². The number of carbonyl (C=O) groups is 2. The maximum absolute atomic E-state index is 12.2. The molecule has 5 heteroatoms. The van der Waals surface area contributed by atoms with Gasteiger partial charge in [0.2, 0.25) is 0 Å². The van der Waals surface area contributed by atoms with Gasteiger partial charge in [0.15, 0.2) is 0 Å². The van der Waals surface area contributed by atoms with Gasteiger partial charge in [-0.05, 0) is 36.7 Å². The lowest BCUT2D eigenvalue weighted by Gasteiger charge is -2.23. The summed E-state index contributed by atoms with van der Waals surface area (Å²) in [4.78, 5) is 25.0. The SMILES string of the molecule is O=C(O)C1CCC2(CCN(C(=O)OCc3ccccc3)C2)C1. The summed E-state index contributed by atoms with van der Waals surface area (Å²) < 4.78 is 5.36. The highest BCUT2D eigenvalue weighted by Crippen LogP contribution is 2.48. The fraction of sp³-hybridized carbons (Fsp3) is 0.529. The molecule has 1 amide bonds. The standard InChI is InChI=1S/C17H21NO4/c19-15(20)14-6-7-17(10-14)8-9-18(12-17)16(21)22-11-13-4-2-1-3-5-13/h1-5,14H,6-12H2,(H,19,20). The molecule has 0 radical (unpaired) electrons. The topological polar surface area (TPSA) is 66.8 Å². The van der Waals surface area contributed by atoms with E-state index in [1.807, 2.05) is 30.3 Å². The van der Waals surface area contributed by atoms with Crippen LogP contribution in [0.3, 0.4) is 0 Å². The largest absolute Gasteiger partial charge is 0.481 e. The Morgan fingerprint density at radius 1 is 1.27 bits per heavy atom. The van der Waals surface area contributed by atoms with Gasteiger partial charge < -0.3 is 14.7 Å². The second kappa shape index (κ2) is 5.99. The molecule has 1 saturated carbocycles. The number of carbonyl (C=O) groups excluding carboxylic acids is 1. The Bertz CT molecular complexity index is 559. The molecule has 1 aliphatic carbocycles. The molecular weight excluding hydrogens is 282 g/mol. The summed E-state index contributed by atoms with van der Waals surface area (Å²) >= 11 is 0. The maximum Gasteiger partial charge on any atom is 0.410 e. The number of aliphatic carboxylic acids is 1. The van der Waals surface area contributed by atoms with Gasteiger partial charge in [-0.1, -0.05) is 30.3 Å². The minimum Gasteiger partial charge on any atom is -0.481 e. The predicted octanol–water partition coefficient (Wildman–Crippen LogP) is 2.90. The van der Waals surface area contributed by atoms with Crippen molar-refractivity contribution in [1.29, 1.82) is 0 Å². The highest BCUT2D eigenvalue weighted by molar-refractivity contribution is 5.71. The summed E-state index contributed by atoms with van der Waals surface area (Å²) in [7, 11) is 0. The van der Waals surface area contributed by atoms with Gasteiger partial charge in [0.05, 0.1) is 5.92 Å². The van der Waals surface area contributed by atoms with E-state index in [2.05, 4.69) is 0 Å². The van der Waals surface area contributed by atoms with E-state index in [0.717, 1.165) is 24.8 Å². The smallest absolute Gasteiger partial charge is 0.410 e. The number of nitrogens with zero attached hydrogens (tertiary/aromatic N) is 1. The molecule has 0 aromatic heterocycles. The van der Waals surface area contributed by atoms with Crippen LogP contribution < -0.4 is 0 Å². The molecule has 1 spiro atoms. The van der Waals surface area contributed by atoms with E-state index in [9.17, 15) is 9.59 Å². The Hall–Kier alpha value is -2.04. The molecule has 118 valence electrons. The van der Waals surface area contributed by atoms with Gasteiger partial charge >= 0.3 is 12.1 Å². The van der Waals surface area contributed by atoms with Gasteiger partial charge in [0, 0.05) is 13.1 Å². The second-order valence-corrected chi connectivity index (χ2v) is 6.49. The van der Waals surface area contributed by atoms with Crippen LogP contribution in [0.5, 0.6) is 0 Å². The van der Waals surface area contributed by atoms with Crippen molar-refractivity contribution in [2.45, 2.75) is 32.3 Å². The predicted molar refractivity (Wildman–Crippen MR) is 80.2 cm³/mol. The fourth-order valence-corrected chi connectivity index (χ4v) is 3.69. The Kier molecular flexibility index (Phi) is 4.05. The monoisotopic (exact) mass is 303 g/mol. The van der Waals surface area contributed by atoms with Gasteiger partial charge in [-0.15, -0.1) is 0 Å². The van der Waals surface area contributed by atoms with Crippen molar-refractivity contribution in [2.75, 3.05) is 13.1 Å². The van der Waals surface area contributed by atoms with Crippen LogP contribution in [0, 0.1) is 11.3 Å². The molecule has 0 bridgehead atoms. The zero-order chi connectivity index (χ0) is 15.6. The third kappa shape index (κ3) is 3.08. The minimum atomic E-state index is -0.707. The number of carboxylic acids is 1. The van der Waals surface area contributed by atoms with E-state index in [-0.39, 0.29) is 24.0 Å². The van der Waals surface area contributed by atoms with E-state index in [0.29, 0.717) is 19.5 Å². The highest BCUT2D eigenvalue weighted by Gasteiger charge is 2.47. The van der Waals surface area contributed by atoms with E-state index in [4.69, 9.17) is 9.84 Å². The van der Waals surface area contributed by atoms with Crippen molar-refractivity contribution >= 4 is 12.1 Å². The Balaban J connectivity index is 1.52. The number of rotatable bonds is 3. The van der Waals surface area contributed by atoms with Gasteiger partial charge in [-0.2, -0.15) is 0 Å². The van der Waals surface area contributed by atoms with Crippen molar-refractivity contribution in [2.24, 2.45) is 11.3 Å². The third-order valence-electron chi connectivity index (χ3n) is 4.95. The molecule has 2 aliphatic rings. The number of likely N-dealkylation sites (tertiary alicyclic amines) is 1. The number of hydrogen-bond donors (Lipinski definition) is 1.